The number of anilines is 1. The van der Waals surface area contributed by atoms with Gasteiger partial charge >= 0.3 is 0 Å². The lowest BCUT2D eigenvalue weighted by Crippen LogP contribution is -2.31. The van der Waals surface area contributed by atoms with Crippen molar-refractivity contribution >= 4 is 11.6 Å². The number of benzene rings is 1. The van der Waals surface area contributed by atoms with Crippen LogP contribution in [0.2, 0.25) is 0 Å². The van der Waals surface area contributed by atoms with Gasteiger partial charge in [0.2, 0.25) is 0 Å². The third-order valence-electron chi connectivity index (χ3n) is 5.00. The summed E-state index contributed by atoms with van der Waals surface area (Å²) in [5, 5.41) is 13.8. The molecule has 4 rings (SSSR count). The molecule has 144 valence electrons. The topological polar surface area (TPSA) is 109 Å². The van der Waals surface area contributed by atoms with Crippen LogP contribution in [0.1, 0.15) is 16.8 Å². The van der Waals surface area contributed by atoms with E-state index in [1.165, 1.54) is 11.0 Å². The molecule has 1 saturated heterocycles. The van der Waals surface area contributed by atoms with Gasteiger partial charge in [0, 0.05) is 38.3 Å². The Morgan fingerprint density at radius 3 is 3.00 bits per heavy atom. The number of nitrogens with zero attached hydrogens (tertiary/aromatic N) is 5. The molecular weight excluding hydrogens is 358 g/mol. The van der Waals surface area contributed by atoms with E-state index in [0.29, 0.717) is 23.9 Å². The molecule has 3 aromatic rings. The standard InChI is InChI=1S/C19H21N7O2/c1-25-17(27)8-14(10-23-25)26-7-6-13(11-26)9-20-19(28)16-5-3-2-4-15(16)18-21-12-22-24-18/h2-5,8,10,12-13H,6-7,9,11H2,1H3,(H,20,28)(H,21,22,24)/t13-/m1/s1. The molecule has 0 radical (unpaired) electrons. The predicted molar refractivity (Wildman–Crippen MR) is 104 cm³/mol. The van der Waals surface area contributed by atoms with Crippen LogP contribution < -0.4 is 15.8 Å². The van der Waals surface area contributed by atoms with Crippen LogP contribution in [0, 0.1) is 5.92 Å². The van der Waals surface area contributed by atoms with Gasteiger partial charge in [0.05, 0.1) is 17.4 Å². The summed E-state index contributed by atoms with van der Waals surface area (Å²) in [4.78, 5) is 30.8. The Balaban J connectivity index is 1.39. The summed E-state index contributed by atoms with van der Waals surface area (Å²) in [6, 6.07) is 8.91. The first-order valence-electron chi connectivity index (χ1n) is 9.13. The van der Waals surface area contributed by atoms with Gasteiger partial charge in [-0.2, -0.15) is 10.2 Å². The smallest absolute Gasteiger partial charge is 0.268 e. The molecule has 1 fully saturated rings. The summed E-state index contributed by atoms with van der Waals surface area (Å²) in [6.45, 7) is 2.18. The Bertz CT molecular complexity index is 1030. The van der Waals surface area contributed by atoms with Crippen molar-refractivity contribution in [3.05, 3.63) is 58.8 Å². The number of rotatable bonds is 5. The van der Waals surface area contributed by atoms with Crippen molar-refractivity contribution in [2.45, 2.75) is 6.42 Å². The molecule has 3 heterocycles. The summed E-state index contributed by atoms with van der Waals surface area (Å²) in [6.07, 6.45) is 4.07. The zero-order valence-corrected chi connectivity index (χ0v) is 15.5. The van der Waals surface area contributed by atoms with Gasteiger partial charge in [-0.25, -0.2) is 9.67 Å². The van der Waals surface area contributed by atoms with Gasteiger partial charge in [-0.15, -0.1) is 0 Å². The van der Waals surface area contributed by atoms with Gasteiger partial charge < -0.3 is 10.2 Å². The van der Waals surface area contributed by atoms with E-state index in [0.717, 1.165) is 30.8 Å². The van der Waals surface area contributed by atoms with Gasteiger partial charge in [-0.1, -0.05) is 18.2 Å². The van der Waals surface area contributed by atoms with Gasteiger partial charge in [0.25, 0.3) is 11.5 Å². The van der Waals surface area contributed by atoms with E-state index >= 15 is 0 Å². The number of aromatic amines is 1. The van der Waals surface area contributed by atoms with Crippen LogP contribution in [-0.4, -0.2) is 50.5 Å². The molecule has 1 atom stereocenters. The lowest BCUT2D eigenvalue weighted by atomic mass is 10.1. The Morgan fingerprint density at radius 2 is 2.21 bits per heavy atom. The molecule has 9 nitrogen and oxygen atoms in total. The molecule has 0 saturated carbocycles. The molecule has 1 aliphatic rings. The Labute approximate surface area is 161 Å². The lowest BCUT2D eigenvalue weighted by molar-refractivity contribution is 0.0949. The van der Waals surface area contributed by atoms with Crippen molar-refractivity contribution < 1.29 is 4.79 Å². The van der Waals surface area contributed by atoms with E-state index in [-0.39, 0.29) is 11.5 Å². The maximum atomic E-state index is 12.7. The largest absolute Gasteiger partial charge is 0.370 e. The van der Waals surface area contributed by atoms with Crippen LogP contribution in [0.5, 0.6) is 0 Å². The van der Waals surface area contributed by atoms with Crippen molar-refractivity contribution in [2.24, 2.45) is 13.0 Å². The maximum Gasteiger partial charge on any atom is 0.268 e. The number of carbonyl (C=O) groups excluding carboxylic acids is 1. The molecule has 2 aromatic heterocycles. The fourth-order valence-electron chi connectivity index (χ4n) is 3.42. The minimum Gasteiger partial charge on any atom is -0.370 e. The van der Waals surface area contributed by atoms with E-state index < -0.39 is 0 Å². The molecule has 0 spiro atoms. The quantitative estimate of drug-likeness (QED) is 0.679. The third-order valence-corrected chi connectivity index (χ3v) is 5.00. The van der Waals surface area contributed by atoms with Gasteiger partial charge in [0.15, 0.2) is 5.82 Å². The fourth-order valence-corrected chi connectivity index (χ4v) is 3.42. The maximum absolute atomic E-state index is 12.7. The summed E-state index contributed by atoms with van der Waals surface area (Å²) >= 11 is 0. The molecule has 1 amide bonds. The summed E-state index contributed by atoms with van der Waals surface area (Å²) in [7, 11) is 1.63. The van der Waals surface area contributed by atoms with Crippen molar-refractivity contribution in [1.82, 2.24) is 30.3 Å². The first-order chi connectivity index (χ1) is 13.6. The van der Waals surface area contributed by atoms with Gasteiger partial charge in [-0.3, -0.25) is 14.7 Å². The highest BCUT2D eigenvalue weighted by molar-refractivity contribution is 6.00. The molecule has 9 heteroatoms. The number of H-pyrrole nitrogens is 1. The Hall–Kier alpha value is -3.49. The molecule has 2 N–H and O–H groups in total. The average molecular weight is 379 g/mol. The van der Waals surface area contributed by atoms with Crippen molar-refractivity contribution in [1.29, 1.82) is 0 Å². The monoisotopic (exact) mass is 379 g/mol. The highest BCUT2D eigenvalue weighted by Gasteiger charge is 2.24. The van der Waals surface area contributed by atoms with Gasteiger partial charge in [0.1, 0.15) is 6.33 Å². The highest BCUT2D eigenvalue weighted by Crippen LogP contribution is 2.22. The summed E-state index contributed by atoms with van der Waals surface area (Å²) < 4.78 is 1.31. The zero-order chi connectivity index (χ0) is 19.5. The molecule has 1 aliphatic heterocycles. The van der Waals surface area contributed by atoms with E-state index in [4.69, 9.17) is 0 Å². The number of amides is 1. The average Bonchev–Trinajstić information content (AvgIpc) is 3.40. The van der Waals surface area contributed by atoms with Crippen LogP contribution in [0.3, 0.4) is 0 Å². The van der Waals surface area contributed by atoms with E-state index in [2.05, 4.69) is 30.5 Å². The first-order valence-corrected chi connectivity index (χ1v) is 9.13. The number of aromatic nitrogens is 5. The predicted octanol–water partition coefficient (Wildman–Crippen LogP) is 0.822. The minimum atomic E-state index is -0.138. The minimum absolute atomic E-state index is 0.127. The van der Waals surface area contributed by atoms with Crippen LogP contribution >= 0.6 is 0 Å². The zero-order valence-electron chi connectivity index (χ0n) is 15.5. The van der Waals surface area contributed by atoms with Crippen LogP contribution in [0.4, 0.5) is 5.69 Å². The Morgan fingerprint density at radius 1 is 1.36 bits per heavy atom. The second kappa shape index (κ2) is 7.63. The lowest BCUT2D eigenvalue weighted by Gasteiger charge is -2.18. The molecule has 0 unspecified atom stereocenters. The second-order valence-electron chi connectivity index (χ2n) is 6.87. The summed E-state index contributed by atoms with van der Waals surface area (Å²) in [5.41, 5.74) is 1.98. The van der Waals surface area contributed by atoms with Crippen molar-refractivity contribution in [3.63, 3.8) is 0 Å². The number of hydrogen-bond acceptors (Lipinski definition) is 6. The molecule has 0 aliphatic carbocycles. The number of aryl methyl sites for hydroxylation is 1. The van der Waals surface area contributed by atoms with E-state index in [1.54, 1.807) is 25.4 Å². The second-order valence-corrected chi connectivity index (χ2v) is 6.87. The van der Waals surface area contributed by atoms with E-state index in [1.807, 2.05) is 18.2 Å². The highest BCUT2D eigenvalue weighted by atomic mass is 16.1. The number of carbonyl (C=O) groups is 1. The third kappa shape index (κ3) is 3.64. The molecule has 28 heavy (non-hydrogen) atoms. The normalized spacial score (nSPS) is 16.3. The molecular formula is C19H21N7O2. The number of hydrogen-bond donors (Lipinski definition) is 2. The van der Waals surface area contributed by atoms with Crippen LogP contribution in [0.15, 0.2) is 47.7 Å². The van der Waals surface area contributed by atoms with Gasteiger partial charge in [-0.05, 0) is 18.4 Å². The SMILES string of the molecule is Cn1ncc(N2CC[C@H](CNC(=O)c3ccccc3-c3ncn[nH]3)C2)cc1=O. The Kier molecular flexibility index (Phi) is 4.88. The van der Waals surface area contributed by atoms with E-state index in [9.17, 15) is 9.59 Å². The van der Waals surface area contributed by atoms with Crippen LogP contribution in [-0.2, 0) is 7.05 Å². The number of nitrogens with one attached hydrogen (secondary N) is 2. The first kappa shape index (κ1) is 17.9. The van der Waals surface area contributed by atoms with Crippen molar-refractivity contribution in [3.8, 4) is 11.4 Å². The molecule has 1 aromatic carbocycles. The summed E-state index contributed by atoms with van der Waals surface area (Å²) in [5.74, 6) is 0.738. The van der Waals surface area contributed by atoms with Crippen LogP contribution in [0.25, 0.3) is 11.4 Å². The fraction of sp³-hybridized carbons (Fsp3) is 0.316. The molecule has 0 bridgehead atoms. The van der Waals surface area contributed by atoms with Crippen molar-refractivity contribution in [2.75, 3.05) is 24.5 Å².